The Morgan fingerprint density at radius 3 is 2.52 bits per heavy atom. The van der Waals surface area contributed by atoms with Crippen LogP contribution in [-0.4, -0.2) is 24.0 Å². The molecule has 0 radical (unpaired) electrons. The average molecular weight is 403 g/mol. The summed E-state index contributed by atoms with van der Waals surface area (Å²) in [4.78, 5) is 23.6. The number of aliphatic hydroxyl groups is 1. The van der Waals surface area contributed by atoms with Crippen LogP contribution in [0.2, 0.25) is 0 Å². The molecule has 1 unspecified atom stereocenters. The molecule has 1 aromatic rings. The van der Waals surface area contributed by atoms with Crippen LogP contribution in [0, 0.1) is 5.92 Å². The minimum atomic E-state index is -0.387. The number of hydrogen-bond donors (Lipinski definition) is 1. The van der Waals surface area contributed by atoms with E-state index in [9.17, 15) is 14.7 Å². The zero-order chi connectivity index (χ0) is 21.1. The molecule has 1 aliphatic carbocycles. The molecule has 1 saturated carbocycles. The first kappa shape index (κ1) is 23.6. The van der Waals surface area contributed by atoms with E-state index in [0.29, 0.717) is 24.5 Å². The second-order valence-electron chi connectivity index (χ2n) is 8.43. The van der Waals surface area contributed by atoms with E-state index in [1.807, 2.05) is 12.1 Å². The minimum absolute atomic E-state index is 0.121. The van der Waals surface area contributed by atoms with Gasteiger partial charge in [-0.05, 0) is 42.7 Å². The van der Waals surface area contributed by atoms with Gasteiger partial charge in [-0.2, -0.15) is 0 Å². The van der Waals surface area contributed by atoms with Crippen molar-refractivity contribution in [3.05, 3.63) is 35.4 Å². The molecule has 0 aromatic heterocycles. The van der Waals surface area contributed by atoms with Gasteiger partial charge in [0.1, 0.15) is 5.78 Å². The third-order valence-electron chi connectivity index (χ3n) is 6.31. The number of benzene rings is 1. The molecule has 0 spiro atoms. The Morgan fingerprint density at radius 1 is 1.10 bits per heavy atom. The Balaban J connectivity index is 1.82. The molecule has 4 nitrogen and oxygen atoms in total. The van der Waals surface area contributed by atoms with Gasteiger partial charge in [-0.1, -0.05) is 69.7 Å². The Hall–Kier alpha value is -1.68. The number of ether oxygens (including phenoxy) is 1. The molecule has 3 atom stereocenters. The molecule has 0 saturated heterocycles. The van der Waals surface area contributed by atoms with Gasteiger partial charge in [0.15, 0.2) is 0 Å². The molecule has 1 aliphatic rings. The van der Waals surface area contributed by atoms with Crippen molar-refractivity contribution in [1.29, 1.82) is 0 Å². The maximum atomic E-state index is 12.4. The first-order valence-corrected chi connectivity index (χ1v) is 11.4. The fourth-order valence-corrected chi connectivity index (χ4v) is 4.48. The maximum Gasteiger partial charge on any atom is 0.305 e. The fourth-order valence-electron chi connectivity index (χ4n) is 4.48. The Kier molecular flexibility index (Phi) is 10.4. The van der Waals surface area contributed by atoms with Crippen molar-refractivity contribution in [2.24, 2.45) is 5.92 Å². The minimum Gasteiger partial charge on any atom is -0.469 e. The van der Waals surface area contributed by atoms with Crippen LogP contribution in [0.3, 0.4) is 0 Å². The first-order valence-electron chi connectivity index (χ1n) is 11.4. The summed E-state index contributed by atoms with van der Waals surface area (Å²) < 4.78 is 4.66. The van der Waals surface area contributed by atoms with E-state index in [4.69, 9.17) is 0 Å². The van der Waals surface area contributed by atoms with Gasteiger partial charge in [-0.15, -0.1) is 0 Å². The molecule has 0 amide bonds. The lowest BCUT2D eigenvalue weighted by molar-refractivity contribution is -0.140. The highest BCUT2D eigenvalue weighted by molar-refractivity contribution is 5.84. The molecule has 0 heterocycles. The number of Topliss-reactive ketones (excluding diaryl/α,β-unsaturated/α-hetero) is 1. The summed E-state index contributed by atoms with van der Waals surface area (Å²) in [5.41, 5.74) is 2.22. The predicted molar refractivity (Wildman–Crippen MR) is 116 cm³/mol. The lowest BCUT2D eigenvalue weighted by atomic mass is 9.84. The van der Waals surface area contributed by atoms with E-state index >= 15 is 0 Å². The highest BCUT2D eigenvalue weighted by Gasteiger charge is 2.34. The monoisotopic (exact) mass is 402 g/mol. The fraction of sp³-hybridized carbons (Fsp3) is 0.680. The van der Waals surface area contributed by atoms with Gasteiger partial charge in [0.25, 0.3) is 0 Å². The summed E-state index contributed by atoms with van der Waals surface area (Å²) in [5, 5.41) is 10.4. The Morgan fingerprint density at radius 2 is 1.83 bits per heavy atom. The standard InChI is InChI=1S/C25H38O4/c1-3-4-7-11-23(26)20-15-13-19(14-16-20)21-17-18-24(27)22(21)10-8-5-6-9-12-25(28)29-2/h13-16,21-23,26H,3-12,17-18H2,1-2H3/t21?,22-,23-/m1/s1. The molecule has 1 aromatic carbocycles. The van der Waals surface area contributed by atoms with E-state index in [-0.39, 0.29) is 18.0 Å². The van der Waals surface area contributed by atoms with E-state index in [1.165, 1.54) is 12.7 Å². The molecule has 4 heteroatoms. The van der Waals surface area contributed by atoms with Gasteiger partial charge in [0.2, 0.25) is 0 Å². The smallest absolute Gasteiger partial charge is 0.305 e. The summed E-state index contributed by atoms with van der Waals surface area (Å²) in [6.45, 7) is 2.17. The lowest BCUT2D eigenvalue weighted by Gasteiger charge is -2.20. The van der Waals surface area contributed by atoms with Crippen LogP contribution in [0.4, 0.5) is 0 Å². The van der Waals surface area contributed by atoms with Gasteiger partial charge in [0, 0.05) is 18.8 Å². The number of carbonyl (C=O) groups is 2. The number of ketones is 1. The van der Waals surface area contributed by atoms with E-state index < -0.39 is 0 Å². The third kappa shape index (κ3) is 7.58. The summed E-state index contributed by atoms with van der Waals surface area (Å²) in [7, 11) is 1.42. The molecular formula is C25H38O4. The summed E-state index contributed by atoms with van der Waals surface area (Å²) in [6.07, 6.45) is 10.8. The van der Waals surface area contributed by atoms with Gasteiger partial charge < -0.3 is 9.84 Å². The normalized spacial score (nSPS) is 20.0. The van der Waals surface area contributed by atoms with Gasteiger partial charge in [-0.25, -0.2) is 0 Å². The number of carbonyl (C=O) groups excluding carboxylic acids is 2. The van der Waals surface area contributed by atoms with Gasteiger partial charge >= 0.3 is 5.97 Å². The van der Waals surface area contributed by atoms with Crippen LogP contribution < -0.4 is 0 Å². The van der Waals surface area contributed by atoms with Gasteiger partial charge in [-0.3, -0.25) is 9.59 Å². The quantitative estimate of drug-likeness (QED) is 0.331. The van der Waals surface area contributed by atoms with E-state index in [1.54, 1.807) is 0 Å². The van der Waals surface area contributed by atoms with E-state index in [0.717, 1.165) is 69.8 Å². The molecule has 29 heavy (non-hydrogen) atoms. The Labute approximate surface area is 176 Å². The zero-order valence-corrected chi connectivity index (χ0v) is 18.2. The van der Waals surface area contributed by atoms with Crippen molar-refractivity contribution in [3.63, 3.8) is 0 Å². The van der Waals surface area contributed by atoms with Crippen LogP contribution in [0.1, 0.15) is 107 Å². The Bertz CT molecular complexity index is 622. The molecule has 1 N–H and O–H groups in total. The van der Waals surface area contributed by atoms with Crippen LogP contribution >= 0.6 is 0 Å². The number of aliphatic hydroxyl groups excluding tert-OH is 1. The summed E-state index contributed by atoms with van der Waals surface area (Å²) in [6, 6.07) is 8.31. The van der Waals surface area contributed by atoms with Crippen molar-refractivity contribution >= 4 is 11.8 Å². The van der Waals surface area contributed by atoms with Crippen LogP contribution in [-0.2, 0) is 14.3 Å². The molecule has 0 aliphatic heterocycles. The van der Waals surface area contributed by atoms with E-state index in [2.05, 4.69) is 23.8 Å². The molecular weight excluding hydrogens is 364 g/mol. The lowest BCUT2D eigenvalue weighted by Crippen LogP contribution is -2.13. The summed E-state index contributed by atoms with van der Waals surface area (Å²) in [5.74, 6) is 0.683. The SMILES string of the molecule is CCCCC[C@@H](O)c1ccc(C2CCC(=O)[C@@H]2CCCCCCC(=O)OC)cc1. The van der Waals surface area contributed by atoms with Crippen molar-refractivity contribution < 1.29 is 19.4 Å². The van der Waals surface area contributed by atoms with Crippen LogP contribution in [0.25, 0.3) is 0 Å². The second-order valence-corrected chi connectivity index (χ2v) is 8.43. The first-order chi connectivity index (χ1) is 14.1. The van der Waals surface area contributed by atoms with Crippen molar-refractivity contribution in [2.45, 2.75) is 96.0 Å². The molecule has 1 fully saturated rings. The van der Waals surface area contributed by atoms with Gasteiger partial charge in [0.05, 0.1) is 13.2 Å². The third-order valence-corrected chi connectivity index (χ3v) is 6.31. The highest BCUT2D eigenvalue weighted by atomic mass is 16.5. The molecule has 2 rings (SSSR count). The zero-order valence-electron chi connectivity index (χ0n) is 18.2. The van der Waals surface area contributed by atoms with Crippen molar-refractivity contribution in [2.75, 3.05) is 7.11 Å². The van der Waals surface area contributed by atoms with Crippen molar-refractivity contribution in [1.82, 2.24) is 0 Å². The maximum absolute atomic E-state index is 12.4. The number of unbranched alkanes of at least 4 members (excludes halogenated alkanes) is 5. The number of rotatable bonds is 13. The summed E-state index contributed by atoms with van der Waals surface area (Å²) >= 11 is 0. The van der Waals surface area contributed by atoms with Crippen molar-refractivity contribution in [3.8, 4) is 0 Å². The highest BCUT2D eigenvalue weighted by Crippen LogP contribution is 2.40. The molecule has 0 bridgehead atoms. The number of esters is 1. The topological polar surface area (TPSA) is 63.6 Å². The predicted octanol–water partition coefficient (Wildman–Crippen LogP) is 5.88. The molecule has 162 valence electrons. The average Bonchev–Trinajstić information content (AvgIpc) is 3.10. The van der Waals surface area contributed by atoms with Crippen LogP contribution in [0.5, 0.6) is 0 Å². The number of hydrogen-bond acceptors (Lipinski definition) is 4. The number of methoxy groups -OCH3 is 1. The second kappa shape index (κ2) is 12.8. The largest absolute Gasteiger partial charge is 0.469 e. The van der Waals surface area contributed by atoms with Crippen LogP contribution in [0.15, 0.2) is 24.3 Å².